The van der Waals surface area contributed by atoms with Crippen LogP contribution in [0.15, 0.2) is 83.8 Å². The first-order chi connectivity index (χ1) is 16.1. The molecule has 0 aliphatic heterocycles. The molecule has 178 valence electrons. The van der Waals surface area contributed by atoms with Crippen molar-refractivity contribution in [2.75, 3.05) is 16.7 Å². The third-order valence-electron chi connectivity index (χ3n) is 5.40. The lowest BCUT2D eigenvalue weighted by Crippen LogP contribution is -2.47. The van der Waals surface area contributed by atoms with Crippen LogP contribution in [0.25, 0.3) is 0 Å². The minimum atomic E-state index is -3.83. The van der Waals surface area contributed by atoms with Gasteiger partial charge in [0.15, 0.2) is 0 Å². The molecule has 1 atom stereocenters. The number of hydrogen-bond acceptors (Lipinski definition) is 4. The van der Waals surface area contributed by atoms with Gasteiger partial charge in [0.25, 0.3) is 15.9 Å². The molecule has 0 heterocycles. The van der Waals surface area contributed by atoms with Gasteiger partial charge in [-0.2, -0.15) is 0 Å². The van der Waals surface area contributed by atoms with Gasteiger partial charge in [0.1, 0.15) is 6.04 Å². The van der Waals surface area contributed by atoms with Crippen molar-refractivity contribution >= 4 is 33.2 Å². The van der Waals surface area contributed by atoms with E-state index in [1.54, 1.807) is 54.6 Å². The van der Waals surface area contributed by atoms with E-state index in [1.807, 2.05) is 32.9 Å². The highest BCUT2D eigenvalue weighted by Crippen LogP contribution is 2.24. The van der Waals surface area contributed by atoms with E-state index in [4.69, 9.17) is 0 Å². The second kappa shape index (κ2) is 10.5. The smallest absolute Gasteiger partial charge is 0.264 e. The monoisotopic (exact) mass is 479 g/mol. The fraction of sp³-hybridized carbons (Fsp3) is 0.231. The third-order valence-corrected chi connectivity index (χ3v) is 7.18. The Morgan fingerprint density at radius 1 is 0.882 bits per heavy atom. The molecule has 2 amide bonds. The average molecular weight is 480 g/mol. The van der Waals surface area contributed by atoms with Crippen LogP contribution in [0, 0.1) is 12.8 Å². The van der Waals surface area contributed by atoms with Gasteiger partial charge in [-0.25, -0.2) is 8.42 Å². The summed E-state index contributed by atoms with van der Waals surface area (Å²) < 4.78 is 27.4. The minimum absolute atomic E-state index is 0.0431. The molecule has 0 saturated carbocycles. The molecule has 0 saturated heterocycles. The standard InChI is InChI=1S/C26H29N3O4S/c1-18(2)24(28-25(30)20-11-8-10-19(3)16-20)26(31)27-21-12-9-15-23(17-21)34(32,33)29(4)22-13-6-5-7-14-22/h5-18,24H,1-4H3,(H,27,31)(H,28,30). The SMILES string of the molecule is Cc1cccc(C(=O)NC(C(=O)Nc2cccc(S(=O)(=O)N(C)c3ccccc3)c2)C(C)C)c1. The number of para-hydroxylation sites is 1. The molecule has 7 nitrogen and oxygen atoms in total. The number of benzene rings is 3. The van der Waals surface area contributed by atoms with Gasteiger partial charge in [0.05, 0.1) is 10.6 Å². The molecule has 3 aromatic rings. The normalized spacial score (nSPS) is 12.1. The van der Waals surface area contributed by atoms with Gasteiger partial charge in [-0.3, -0.25) is 13.9 Å². The molecule has 2 N–H and O–H groups in total. The van der Waals surface area contributed by atoms with Crippen LogP contribution in [0.1, 0.15) is 29.8 Å². The van der Waals surface area contributed by atoms with Gasteiger partial charge < -0.3 is 10.6 Å². The summed E-state index contributed by atoms with van der Waals surface area (Å²) in [6.07, 6.45) is 0. The van der Waals surface area contributed by atoms with Crippen molar-refractivity contribution in [1.82, 2.24) is 5.32 Å². The Kier molecular flexibility index (Phi) is 7.73. The first-order valence-corrected chi connectivity index (χ1v) is 12.4. The Labute approximate surface area is 200 Å². The number of hydrogen-bond donors (Lipinski definition) is 2. The fourth-order valence-electron chi connectivity index (χ4n) is 3.43. The zero-order valence-corrected chi connectivity index (χ0v) is 20.5. The highest BCUT2D eigenvalue weighted by Gasteiger charge is 2.26. The molecule has 0 aliphatic carbocycles. The topological polar surface area (TPSA) is 95.6 Å². The van der Waals surface area contributed by atoms with Crippen molar-refractivity contribution in [3.8, 4) is 0 Å². The zero-order chi connectivity index (χ0) is 24.9. The van der Waals surface area contributed by atoms with E-state index in [9.17, 15) is 18.0 Å². The first kappa shape index (κ1) is 25.0. The molecular formula is C26H29N3O4S. The van der Waals surface area contributed by atoms with E-state index in [1.165, 1.54) is 23.5 Å². The van der Waals surface area contributed by atoms with Crippen LogP contribution in [0.3, 0.4) is 0 Å². The van der Waals surface area contributed by atoms with Crippen LogP contribution in [0.2, 0.25) is 0 Å². The van der Waals surface area contributed by atoms with E-state index in [0.717, 1.165) is 5.56 Å². The highest BCUT2D eigenvalue weighted by molar-refractivity contribution is 7.92. The molecule has 0 aromatic heterocycles. The predicted octanol–water partition coefficient (Wildman–Crippen LogP) is 4.21. The van der Waals surface area contributed by atoms with Crippen LogP contribution in [0.5, 0.6) is 0 Å². The molecular weight excluding hydrogens is 450 g/mol. The average Bonchev–Trinajstić information content (AvgIpc) is 2.82. The first-order valence-electron chi connectivity index (χ1n) is 10.9. The molecule has 3 rings (SSSR count). The summed E-state index contributed by atoms with van der Waals surface area (Å²) in [5.41, 5.74) is 2.26. The largest absolute Gasteiger partial charge is 0.340 e. The number of amides is 2. The molecule has 0 bridgehead atoms. The van der Waals surface area contributed by atoms with Crippen molar-refractivity contribution in [3.05, 3.63) is 90.0 Å². The maximum Gasteiger partial charge on any atom is 0.264 e. The second-order valence-electron chi connectivity index (χ2n) is 8.39. The Hall–Kier alpha value is -3.65. The predicted molar refractivity (Wildman–Crippen MR) is 134 cm³/mol. The Balaban J connectivity index is 1.78. The van der Waals surface area contributed by atoms with Gasteiger partial charge >= 0.3 is 0 Å². The van der Waals surface area contributed by atoms with Crippen LogP contribution in [0.4, 0.5) is 11.4 Å². The van der Waals surface area contributed by atoms with Crippen molar-refractivity contribution in [3.63, 3.8) is 0 Å². The van der Waals surface area contributed by atoms with Gasteiger partial charge in [-0.1, -0.05) is 55.8 Å². The summed E-state index contributed by atoms with van der Waals surface area (Å²) >= 11 is 0. The van der Waals surface area contributed by atoms with E-state index >= 15 is 0 Å². The van der Waals surface area contributed by atoms with E-state index in [0.29, 0.717) is 16.9 Å². The van der Waals surface area contributed by atoms with Gasteiger partial charge in [-0.05, 0) is 55.3 Å². The zero-order valence-electron chi connectivity index (χ0n) is 19.6. The van der Waals surface area contributed by atoms with Crippen LogP contribution in [-0.2, 0) is 14.8 Å². The van der Waals surface area contributed by atoms with Gasteiger partial charge in [0, 0.05) is 18.3 Å². The van der Waals surface area contributed by atoms with Crippen molar-refractivity contribution in [2.24, 2.45) is 5.92 Å². The summed E-state index contributed by atoms with van der Waals surface area (Å²) in [5, 5.41) is 5.53. The van der Waals surface area contributed by atoms with Gasteiger partial charge in [0.2, 0.25) is 5.91 Å². The molecule has 8 heteroatoms. The van der Waals surface area contributed by atoms with Crippen molar-refractivity contribution < 1.29 is 18.0 Å². The van der Waals surface area contributed by atoms with Crippen LogP contribution < -0.4 is 14.9 Å². The summed E-state index contributed by atoms with van der Waals surface area (Å²) in [7, 11) is -2.36. The summed E-state index contributed by atoms with van der Waals surface area (Å²) in [5.74, 6) is -0.967. The molecule has 34 heavy (non-hydrogen) atoms. The number of carbonyl (C=O) groups is 2. The number of carbonyl (C=O) groups excluding carboxylic acids is 2. The molecule has 0 radical (unpaired) electrons. The lowest BCUT2D eigenvalue weighted by atomic mass is 10.0. The van der Waals surface area contributed by atoms with Crippen LogP contribution in [-0.4, -0.2) is 33.3 Å². The number of rotatable bonds is 8. The number of sulfonamides is 1. The molecule has 1 unspecified atom stereocenters. The molecule has 0 spiro atoms. The number of aryl methyl sites for hydroxylation is 1. The number of anilines is 2. The molecule has 0 aliphatic rings. The van der Waals surface area contributed by atoms with Gasteiger partial charge in [-0.15, -0.1) is 0 Å². The second-order valence-corrected chi connectivity index (χ2v) is 10.4. The highest BCUT2D eigenvalue weighted by atomic mass is 32.2. The lowest BCUT2D eigenvalue weighted by Gasteiger charge is -2.22. The maximum absolute atomic E-state index is 13.1. The molecule has 0 fully saturated rings. The fourth-order valence-corrected chi connectivity index (χ4v) is 4.68. The Morgan fingerprint density at radius 3 is 2.21 bits per heavy atom. The van der Waals surface area contributed by atoms with Crippen molar-refractivity contribution in [2.45, 2.75) is 31.7 Å². The quantitative estimate of drug-likeness (QED) is 0.506. The van der Waals surface area contributed by atoms with E-state index in [2.05, 4.69) is 10.6 Å². The summed E-state index contributed by atoms with van der Waals surface area (Å²) in [6.45, 7) is 5.55. The van der Waals surface area contributed by atoms with Crippen molar-refractivity contribution in [1.29, 1.82) is 0 Å². The third kappa shape index (κ3) is 5.82. The van der Waals surface area contributed by atoms with E-state index < -0.39 is 22.0 Å². The maximum atomic E-state index is 13.1. The van der Waals surface area contributed by atoms with E-state index in [-0.39, 0.29) is 16.7 Å². The Morgan fingerprint density at radius 2 is 1.56 bits per heavy atom. The summed E-state index contributed by atoms with van der Waals surface area (Å²) in [6, 6.07) is 21.1. The minimum Gasteiger partial charge on any atom is -0.340 e. The number of nitrogens with one attached hydrogen (secondary N) is 2. The Bertz CT molecular complexity index is 1270. The lowest BCUT2D eigenvalue weighted by molar-refractivity contribution is -0.118. The van der Waals surface area contributed by atoms with Crippen LogP contribution >= 0.6 is 0 Å². The molecule has 3 aromatic carbocycles. The number of nitrogens with zero attached hydrogens (tertiary/aromatic N) is 1. The summed E-state index contributed by atoms with van der Waals surface area (Å²) in [4.78, 5) is 25.7.